The quantitative estimate of drug-likeness (QED) is 0.847. The third-order valence-electron chi connectivity index (χ3n) is 3.33. The molecule has 1 aromatic rings. The summed E-state index contributed by atoms with van der Waals surface area (Å²) in [6.07, 6.45) is 3.01. The van der Waals surface area contributed by atoms with Crippen LogP contribution in [0.1, 0.15) is 25.3 Å². The second-order valence-electron chi connectivity index (χ2n) is 4.47. The molecule has 0 aromatic heterocycles. The van der Waals surface area contributed by atoms with E-state index in [-0.39, 0.29) is 11.9 Å². The summed E-state index contributed by atoms with van der Waals surface area (Å²) in [5.41, 5.74) is 8.21. The number of fused-ring (bicyclic) bond motifs is 1. The van der Waals surface area contributed by atoms with Crippen molar-refractivity contribution in [1.82, 2.24) is 0 Å². The predicted molar refractivity (Wildman–Crippen MR) is 65.2 cm³/mol. The van der Waals surface area contributed by atoms with Gasteiger partial charge in [-0.3, -0.25) is 0 Å². The smallest absolute Gasteiger partial charge is 0.125 e. The first-order chi connectivity index (χ1) is 7.70. The molecule has 3 heteroatoms. The van der Waals surface area contributed by atoms with Gasteiger partial charge in [0.2, 0.25) is 0 Å². The Morgan fingerprint density at radius 1 is 1.50 bits per heavy atom. The van der Waals surface area contributed by atoms with Gasteiger partial charge in [-0.05, 0) is 37.0 Å². The van der Waals surface area contributed by atoms with E-state index in [2.05, 4.69) is 11.8 Å². The van der Waals surface area contributed by atoms with E-state index < -0.39 is 0 Å². The van der Waals surface area contributed by atoms with E-state index in [1.165, 1.54) is 5.56 Å². The molecular formula is C13H19FN2. The standard InChI is InChI=1S/C13H19FN2/c1-2-12(15)6-8-16-7-5-10-3-4-11(14)9-13(10)16/h3-4,9,12H,2,5-8,15H2,1H3. The highest BCUT2D eigenvalue weighted by Crippen LogP contribution is 2.28. The van der Waals surface area contributed by atoms with Crippen LogP contribution >= 0.6 is 0 Å². The maximum Gasteiger partial charge on any atom is 0.125 e. The van der Waals surface area contributed by atoms with E-state index in [1.807, 2.05) is 6.07 Å². The number of nitrogens with zero attached hydrogens (tertiary/aromatic N) is 1. The lowest BCUT2D eigenvalue weighted by Crippen LogP contribution is -2.29. The molecule has 0 bridgehead atoms. The Morgan fingerprint density at radius 3 is 3.06 bits per heavy atom. The van der Waals surface area contributed by atoms with Crippen molar-refractivity contribution in [3.63, 3.8) is 0 Å². The van der Waals surface area contributed by atoms with Gasteiger partial charge in [-0.1, -0.05) is 13.0 Å². The van der Waals surface area contributed by atoms with Crippen LogP contribution < -0.4 is 10.6 Å². The van der Waals surface area contributed by atoms with Crippen molar-refractivity contribution in [2.75, 3.05) is 18.0 Å². The topological polar surface area (TPSA) is 29.3 Å². The van der Waals surface area contributed by atoms with Crippen molar-refractivity contribution in [3.8, 4) is 0 Å². The molecule has 16 heavy (non-hydrogen) atoms. The molecule has 2 rings (SSSR count). The summed E-state index contributed by atoms with van der Waals surface area (Å²) in [4.78, 5) is 2.24. The molecule has 1 heterocycles. The van der Waals surface area contributed by atoms with E-state index >= 15 is 0 Å². The zero-order chi connectivity index (χ0) is 11.5. The van der Waals surface area contributed by atoms with Crippen molar-refractivity contribution in [3.05, 3.63) is 29.6 Å². The van der Waals surface area contributed by atoms with E-state index in [1.54, 1.807) is 12.1 Å². The maximum absolute atomic E-state index is 13.1. The Hall–Kier alpha value is -1.09. The average Bonchev–Trinajstić information content (AvgIpc) is 2.68. The number of nitrogens with two attached hydrogens (primary N) is 1. The second kappa shape index (κ2) is 4.83. The molecule has 1 aliphatic heterocycles. The fourth-order valence-electron chi connectivity index (χ4n) is 2.18. The van der Waals surface area contributed by atoms with Crippen LogP contribution in [0.2, 0.25) is 0 Å². The van der Waals surface area contributed by atoms with Gasteiger partial charge in [-0.2, -0.15) is 0 Å². The Kier molecular flexibility index (Phi) is 3.44. The first kappa shape index (κ1) is 11.4. The highest BCUT2D eigenvalue weighted by atomic mass is 19.1. The zero-order valence-corrected chi connectivity index (χ0v) is 9.75. The first-order valence-corrected chi connectivity index (χ1v) is 5.99. The normalized spacial score (nSPS) is 16.3. The Balaban J connectivity index is 2.02. The lowest BCUT2D eigenvalue weighted by atomic mass is 10.1. The van der Waals surface area contributed by atoms with Crippen LogP contribution in [0.4, 0.5) is 10.1 Å². The van der Waals surface area contributed by atoms with Gasteiger partial charge in [-0.15, -0.1) is 0 Å². The summed E-state index contributed by atoms with van der Waals surface area (Å²) in [6, 6.07) is 5.34. The lowest BCUT2D eigenvalue weighted by Gasteiger charge is -2.21. The van der Waals surface area contributed by atoms with Gasteiger partial charge in [0.05, 0.1) is 0 Å². The van der Waals surface area contributed by atoms with Crippen molar-refractivity contribution < 1.29 is 4.39 Å². The number of hydrogen-bond donors (Lipinski definition) is 1. The number of halogens is 1. The van der Waals surface area contributed by atoms with Gasteiger partial charge < -0.3 is 10.6 Å². The maximum atomic E-state index is 13.1. The van der Waals surface area contributed by atoms with Crippen LogP contribution in [-0.4, -0.2) is 19.1 Å². The zero-order valence-electron chi connectivity index (χ0n) is 9.75. The van der Waals surface area contributed by atoms with Crippen molar-refractivity contribution in [2.24, 2.45) is 5.73 Å². The fourth-order valence-corrected chi connectivity index (χ4v) is 2.18. The van der Waals surface area contributed by atoms with E-state index in [0.29, 0.717) is 0 Å². The van der Waals surface area contributed by atoms with Crippen LogP contribution in [0.15, 0.2) is 18.2 Å². The van der Waals surface area contributed by atoms with Gasteiger partial charge in [0.25, 0.3) is 0 Å². The summed E-state index contributed by atoms with van der Waals surface area (Å²) in [5, 5.41) is 0. The average molecular weight is 222 g/mol. The fraction of sp³-hybridized carbons (Fsp3) is 0.538. The molecule has 0 amide bonds. The molecule has 1 atom stereocenters. The minimum Gasteiger partial charge on any atom is -0.371 e. The molecule has 1 aromatic carbocycles. The summed E-state index contributed by atoms with van der Waals surface area (Å²) >= 11 is 0. The number of hydrogen-bond acceptors (Lipinski definition) is 2. The van der Waals surface area contributed by atoms with Gasteiger partial charge >= 0.3 is 0 Å². The molecule has 2 nitrogen and oxygen atoms in total. The molecule has 0 saturated heterocycles. The number of anilines is 1. The van der Waals surface area contributed by atoms with E-state index in [4.69, 9.17) is 5.73 Å². The molecule has 0 aliphatic carbocycles. The third kappa shape index (κ3) is 2.35. The van der Waals surface area contributed by atoms with Crippen LogP contribution in [0, 0.1) is 5.82 Å². The van der Waals surface area contributed by atoms with Crippen molar-refractivity contribution >= 4 is 5.69 Å². The van der Waals surface area contributed by atoms with Crippen LogP contribution in [-0.2, 0) is 6.42 Å². The SMILES string of the molecule is CCC(N)CCN1CCc2ccc(F)cc21. The Morgan fingerprint density at radius 2 is 2.31 bits per heavy atom. The minimum atomic E-state index is -0.148. The number of benzene rings is 1. The molecule has 0 radical (unpaired) electrons. The van der Waals surface area contributed by atoms with E-state index in [9.17, 15) is 4.39 Å². The van der Waals surface area contributed by atoms with Gasteiger partial charge in [0.15, 0.2) is 0 Å². The molecule has 2 N–H and O–H groups in total. The highest BCUT2D eigenvalue weighted by molar-refractivity contribution is 5.58. The molecule has 1 aliphatic rings. The summed E-state index contributed by atoms with van der Waals surface area (Å²) in [7, 11) is 0. The largest absolute Gasteiger partial charge is 0.371 e. The van der Waals surface area contributed by atoms with Crippen LogP contribution in [0.3, 0.4) is 0 Å². The number of rotatable bonds is 4. The first-order valence-electron chi connectivity index (χ1n) is 5.99. The monoisotopic (exact) mass is 222 g/mol. The van der Waals surface area contributed by atoms with Crippen LogP contribution in [0.25, 0.3) is 0 Å². The second-order valence-corrected chi connectivity index (χ2v) is 4.47. The Bertz CT molecular complexity index is 365. The van der Waals surface area contributed by atoms with Crippen LogP contribution in [0.5, 0.6) is 0 Å². The Labute approximate surface area is 96.2 Å². The minimum absolute atomic E-state index is 0.148. The third-order valence-corrected chi connectivity index (χ3v) is 3.33. The summed E-state index contributed by atoms with van der Waals surface area (Å²) in [6.45, 7) is 4.03. The van der Waals surface area contributed by atoms with Gasteiger partial charge in [0.1, 0.15) is 5.82 Å². The summed E-state index contributed by atoms with van der Waals surface area (Å²) in [5.74, 6) is -0.148. The molecule has 0 spiro atoms. The predicted octanol–water partition coefficient (Wildman–Crippen LogP) is 2.32. The highest BCUT2D eigenvalue weighted by Gasteiger charge is 2.19. The van der Waals surface area contributed by atoms with Crippen molar-refractivity contribution in [1.29, 1.82) is 0 Å². The van der Waals surface area contributed by atoms with Crippen molar-refractivity contribution in [2.45, 2.75) is 32.2 Å². The van der Waals surface area contributed by atoms with Gasteiger partial charge in [-0.25, -0.2) is 4.39 Å². The molecular weight excluding hydrogens is 203 g/mol. The molecule has 1 unspecified atom stereocenters. The van der Waals surface area contributed by atoms with Gasteiger partial charge in [0, 0.05) is 24.8 Å². The summed E-state index contributed by atoms with van der Waals surface area (Å²) < 4.78 is 13.1. The van der Waals surface area contributed by atoms with E-state index in [0.717, 1.165) is 38.0 Å². The molecule has 0 fully saturated rings. The lowest BCUT2D eigenvalue weighted by molar-refractivity contribution is 0.586. The molecule has 0 saturated carbocycles. The molecule has 88 valence electrons.